The molecule has 1 fully saturated rings. The lowest BCUT2D eigenvalue weighted by Gasteiger charge is -2.25. The lowest BCUT2D eigenvalue weighted by molar-refractivity contribution is -0.120. The standard InChI is InChI=1S/C26H30N6O3/c1-3-32-25-21(15-29-32)24(30-19-8-10-34-11-9-19)22(14-28-25)26-31-20(16-35-26)12-23(33)27-13-18-7-5-4-6-17(18)2/h4-7,14-16,19H,3,8-13H2,1-2H3,(H,27,33)(H,28,30). The Kier molecular flexibility index (Phi) is 6.76. The van der Waals surface area contributed by atoms with E-state index in [0.717, 1.165) is 66.0 Å². The molecule has 0 spiro atoms. The molecule has 9 heteroatoms. The first-order chi connectivity index (χ1) is 17.1. The van der Waals surface area contributed by atoms with Crippen molar-refractivity contribution in [3.8, 4) is 11.5 Å². The van der Waals surface area contributed by atoms with E-state index in [1.807, 2.05) is 49.0 Å². The zero-order chi connectivity index (χ0) is 24.2. The third kappa shape index (κ3) is 5.05. The van der Waals surface area contributed by atoms with Crippen molar-refractivity contribution in [1.82, 2.24) is 25.1 Å². The minimum atomic E-state index is -0.105. The Labute approximate surface area is 203 Å². The summed E-state index contributed by atoms with van der Waals surface area (Å²) in [5, 5.41) is 12.0. The van der Waals surface area contributed by atoms with Crippen LogP contribution in [0.3, 0.4) is 0 Å². The predicted molar refractivity (Wildman–Crippen MR) is 133 cm³/mol. The van der Waals surface area contributed by atoms with Gasteiger partial charge in [0.25, 0.3) is 0 Å². The average molecular weight is 475 g/mol. The largest absolute Gasteiger partial charge is 0.444 e. The van der Waals surface area contributed by atoms with Crippen LogP contribution in [0.25, 0.3) is 22.5 Å². The van der Waals surface area contributed by atoms with Crippen LogP contribution in [0.1, 0.15) is 36.6 Å². The zero-order valence-corrected chi connectivity index (χ0v) is 20.1. The second kappa shape index (κ2) is 10.3. The van der Waals surface area contributed by atoms with Crippen LogP contribution < -0.4 is 10.6 Å². The Balaban J connectivity index is 1.36. The topological polar surface area (TPSA) is 107 Å². The number of ether oxygens (including phenoxy) is 1. The van der Waals surface area contributed by atoms with Gasteiger partial charge >= 0.3 is 0 Å². The van der Waals surface area contributed by atoms with E-state index in [-0.39, 0.29) is 18.4 Å². The molecular formula is C26H30N6O3. The molecule has 0 bridgehead atoms. The second-order valence-electron chi connectivity index (χ2n) is 8.80. The van der Waals surface area contributed by atoms with E-state index >= 15 is 0 Å². The maximum atomic E-state index is 12.5. The number of carbonyl (C=O) groups excluding carboxylic acids is 1. The molecule has 9 nitrogen and oxygen atoms in total. The highest BCUT2D eigenvalue weighted by molar-refractivity contribution is 5.96. The van der Waals surface area contributed by atoms with Crippen molar-refractivity contribution >= 4 is 22.6 Å². The van der Waals surface area contributed by atoms with Crippen molar-refractivity contribution in [2.75, 3.05) is 18.5 Å². The van der Waals surface area contributed by atoms with Crippen LogP contribution in [-0.4, -0.2) is 44.9 Å². The van der Waals surface area contributed by atoms with Gasteiger partial charge < -0.3 is 19.8 Å². The highest BCUT2D eigenvalue weighted by Crippen LogP contribution is 2.34. The number of benzene rings is 1. The van der Waals surface area contributed by atoms with Crippen molar-refractivity contribution in [2.45, 2.75) is 52.2 Å². The minimum Gasteiger partial charge on any atom is -0.444 e. The lowest BCUT2D eigenvalue weighted by Crippen LogP contribution is -2.28. The van der Waals surface area contributed by atoms with Crippen molar-refractivity contribution < 1.29 is 13.9 Å². The molecule has 2 N–H and O–H groups in total. The Morgan fingerprint density at radius 1 is 1.20 bits per heavy atom. The summed E-state index contributed by atoms with van der Waals surface area (Å²) in [5.41, 5.74) is 5.29. The number of aryl methyl sites for hydroxylation is 2. The molecule has 1 aliphatic heterocycles. The number of nitrogens with zero attached hydrogens (tertiary/aromatic N) is 4. The third-order valence-electron chi connectivity index (χ3n) is 6.40. The fraction of sp³-hybridized carbons (Fsp3) is 0.385. The smallest absolute Gasteiger partial charge is 0.229 e. The molecule has 35 heavy (non-hydrogen) atoms. The molecule has 4 heterocycles. The monoisotopic (exact) mass is 474 g/mol. The quantitative estimate of drug-likeness (QED) is 0.399. The SMILES string of the molecule is CCn1ncc2c(NC3CCOCC3)c(-c3nc(CC(=O)NCc4ccccc4C)co3)cnc21. The average Bonchev–Trinajstić information content (AvgIpc) is 3.51. The number of rotatable bonds is 8. The minimum absolute atomic E-state index is 0.105. The second-order valence-corrected chi connectivity index (χ2v) is 8.80. The van der Waals surface area contributed by atoms with Crippen molar-refractivity contribution in [1.29, 1.82) is 0 Å². The molecule has 1 aliphatic rings. The van der Waals surface area contributed by atoms with Gasteiger partial charge in [0.15, 0.2) is 5.65 Å². The molecule has 182 valence electrons. The molecule has 0 aliphatic carbocycles. The molecule has 0 saturated carbocycles. The molecule has 4 aromatic rings. The number of aromatic nitrogens is 4. The fourth-order valence-electron chi connectivity index (χ4n) is 4.36. The summed E-state index contributed by atoms with van der Waals surface area (Å²) in [6, 6.07) is 8.29. The first kappa shape index (κ1) is 23.0. The molecule has 0 unspecified atom stereocenters. The molecule has 1 amide bonds. The number of hydrogen-bond donors (Lipinski definition) is 2. The normalized spacial score (nSPS) is 14.3. The first-order valence-corrected chi connectivity index (χ1v) is 12.1. The van der Waals surface area contributed by atoms with Crippen LogP contribution in [0.2, 0.25) is 0 Å². The van der Waals surface area contributed by atoms with E-state index in [9.17, 15) is 4.79 Å². The zero-order valence-electron chi connectivity index (χ0n) is 20.1. The summed E-state index contributed by atoms with van der Waals surface area (Å²) in [6.07, 6.45) is 7.12. The van der Waals surface area contributed by atoms with Gasteiger partial charge in [-0.3, -0.25) is 4.79 Å². The van der Waals surface area contributed by atoms with Crippen LogP contribution in [0.15, 0.2) is 47.3 Å². The van der Waals surface area contributed by atoms with Gasteiger partial charge in [-0.2, -0.15) is 5.10 Å². The number of oxazole rings is 1. The summed E-state index contributed by atoms with van der Waals surface area (Å²) in [7, 11) is 0. The van der Waals surface area contributed by atoms with E-state index in [2.05, 4.69) is 25.7 Å². The summed E-state index contributed by atoms with van der Waals surface area (Å²) in [6.45, 7) is 6.75. The number of pyridine rings is 1. The predicted octanol–water partition coefficient (Wildman–Crippen LogP) is 3.86. The molecular weight excluding hydrogens is 444 g/mol. The van der Waals surface area contributed by atoms with Gasteiger partial charge in [0.2, 0.25) is 11.8 Å². The van der Waals surface area contributed by atoms with Gasteiger partial charge in [-0.25, -0.2) is 14.6 Å². The van der Waals surface area contributed by atoms with Crippen LogP contribution in [-0.2, 0) is 29.0 Å². The van der Waals surface area contributed by atoms with Gasteiger partial charge in [-0.15, -0.1) is 0 Å². The van der Waals surface area contributed by atoms with Crippen molar-refractivity contribution in [2.24, 2.45) is 0 Å². The molecule has 3 aromatic heterocycles. The summed E-state index contributed by atoms with van der Waals surface area (Å²) >= 11 is 0. The number of hydrogen-bond acceptors (Lipinski definition) is 7. The van der Waals surface area contributed by atoms with Gasteiger partial charge in [-0.05, 0) is 37.8 Å². The molecule has 5 rings (SSSR count). The first-order valence-electron chi connectivity index (χ1n) is 12.1. The van der Waals surface area contributed by atoms with Crippen LogP contribution >= 0.6 is 0 Å². The van der Waals surface area contributed by atoms with Gasteiger partial charge in [0.05, 0.1) is 34.9 Å². The number of nitrogens with one attached hydrogen (secondary N) is 2. The van der Waals surface area contributed by atoms with Crippen LogP contribution in [0, 0.1) is 6.92 Å². The van der Waals surface area contributed by atoms with Gasteiger partial charge in [0.1, 0.15) is 6.26 Å². The highest BCUT2D eigenvalue weighted by atomic mass is 16.5. The Bertz CT molecular complexity index is 1320. The molecule has 1 saturated heterocycles. The van der Waals surface area contributed by atoms with E-state index in [4.69, 9.17) is 9.15 Å². The van der Waals surface area contributed by atoms with E-state index in [1.165, 1.54) is 0 Å². The number of fused-ring (bicyclic) bond motifs is 1. The van der Waals surface area contributed by atoms with E-state index in [1.54, 1.807) is 12.5 Å². The summed E-state index contributed by atoms with van der Waals surface area (Å²) in [5.74, 6) is 0.325. The number of carbonyl (C=O) groups is 1. The fourth-order valence-corrected chi connectivity index (χ4v) is 4.36. The molecule has 1 aromatic carbocycles. The molecule has 0 atom stereocenters. The Hall–Kier alpha value is -3.72. The summed E-state index contributed by atoms with van der Waals surface area (Å²) < 4.78 is 13.2. The lowest BCUT2D eigenvalue weighted by atomic mass is 10.1. The maximum absolute atomic E-state index is 12.5. The van der Waals surface area contributed by atoms with Crippen LogP contribution in [0.4, 0.5) is 5.69 Å². The van der Waals surface area contributed by atoms with Gasteiger partial charge in [-0.1, -0.05) is 24.3 Å². The van der Waals surface area contributed by atoms with Crippen molar-refractivity contribution in [3.63, 3.8) is 0 Å². The van der Waals surface area contributed by atoms with Gasteiger partial charge in [0, 0.05) is 38.5 Å². The highest BCUT2D eigenvalue weighted by Gasteiger charge is 2.22. The Morgan fingerprint density at radius 3 is 2.83 bits per heavy atom. The summed E-state index contributed by atoms with van der Waals surface area (Å²) in [4.78, 5) is 21.8. The maximum Gasteiger partial charge on any atom is 0.229 e. The van der Waals surface area contributed by atoms with Crippen LogP contribution in [0.5, 0.6) is 0 Å². The van der Waals surface area contributed by atoms with Crippen molar-refractivity contribution in [3.05, 3.63) is 59.7 Å². The molecule has 0 radical (unpaired) electrons. The van der Waals surface area contributed by atoms with E-state index < -0.39 is 0 Å². The number of amides is 1. The van der Waals surface area contributed by atoms with E-state index in [0.29, 0.717) is 18.1 Å². The third-order valence-corrected chi connectivity index (χ3v) is 6.40. The number of anilines is 1. The Morgan fingerprint density at radius 2 is 2.03 bits per heavy atom.